The lowest BCUT2D eigenvalue weighted by Gasteiger charge is -2.44. The maximum absolute atomic E-state index is 12.8. The molecule has 3 heteroatoms. The van der Waals surface area contributed by atoms with Crippen molar-refractivity contribution in [1.82, 2.24) is 4.90 Å². The monoisotopic (exact) mass is 270 g/mol. The van der Waals surface area contributed by atoms with Crippen LogP contribution in [-0.4, -0.2) is 43.9 Å². The molecule has 1 aromatic carbocycles. The highest BCUT2D eigenvalue weighted by Crippen LogP contribution is 2.35. The first-order valence-electron chi connectivity index (χ1n) is 7.83. The van der Waals surface area contributed by atoms with Crippen LogP contribution in [0, 0.1) is 11.8 Å². The highest BCUT2D eigenvalue weighted by atomic mass is 16.1. The number of hydrogen-bond acceptors (Lipinski definition) is 3. The van der Waals surface area contributed by atoms with E-state index in [1.165, 1.54) is 37.2 Å². The minimum Gasteiger partial charge on any atom is -0.374 e. The van der Waals surface area contributed by atoms with Gasteiger partial charge in [-0.05, 0) is 62.0 Å². The molecule has 0 aromatic heterocycles. The molecule has 3 nitrogen and oxygen atoms in total. The molecule has 4 aliphatic heterocycles. The Morgan fingerprint density at radius 3 is 2.70 bits per heavy atom. The summed E-state index contributed by atoms with van der Waals surface area (Å²) in [5, 5.41) is 0. The van der Waals surface area contributed by atoms with Gasteiger partial charge in [0, 0.05) is 37.3 Å². The number of anilines is 1. The molecule has 106 valence electrons. The van der Waals surface area contributed by atoms with Crippen LogP contribution in [0.3, 0.4) is 0 Å². The van der Waals surface area contributed by atoms with Crippen LogP contribution in [-0.2, 0) is 6.42 Å². The Morgan fingerprint density at radius 1 is 1.20 bits per heavy atom. The summed E-state index contributed by atoms with van der Waals surface area (Å²) < 4.78 is 0. The van der Waals surface area contributed by atoms with Crippen molar-refractivity contribution in [3.8, 4) is 0 Å². The van der Waals surface area contributed by atoms with Crippen LogP contribution in [0.25, 0.3) is 0 Å². The van der Waals surface area contributed by atoms with Crippen molar-refractivity contribution in [2.75, 3.05) is 38.1 Å². The first-order valence-corrected chi connectivity index (χ1v) is 7.83. The van der Waals surface area contributed by atoms with Crippen molar-refractivity contribution >= 4 is 11.5 Å². The summed E-state index contributed by atoms with van der Waals surface area (Å²) in [5.74, 6) is 1.26. The molecule has 4 heterocycles. The van der Waals surface area contributed by atoms with Crippen molar-refractivity contribution in [3.63, 3.8) is 0 Å². The van der Waals surface area contributed by atoms with Gasteiger partial charge in [0.15, 0.2) is 5.78 Å². The molecule has 0 aliphatic carbocycles. The molecule has 0 radical (unpaired) electrons. The largest absolute Gasteiger partial charge is 0.374 e. The first-order chi connectivity index (χ1) is 9.72. The van der Waals surface area contributed by atoms with Crippen molar-refractivity contribution in [2.45, 2.75) is 19.3 Å². The number of carbonyl (C=O) groups is 1. The number of fused-ring (bicyclic) bond motifs is 4. The Hall–Kier alpha value is -1.35. The molecule has 5 rings (SSSR count). The average Bonchev–Trinajstić information content (AvgIpc) is 2.88. The number of rotatable bonds is 2. The Bertz CT molecular complexity index is 546. The second kappa shape index (κ2) is 4.59. The van der Waals surface area contributed by atoms with Crippen molar-refractivity contribution < 1.29 is 4.79 Å². The molecule has 0 N–H and O–H groups in total. The average molecular weight is 270 g/mol. The fourth-order valence-electron chi connectivity index (χ4n) is 4.20. The molecular formula is C17H22N2O. The van der Waals surface area contributed by atoms with E-state index in [0.29, 0.717) is 11.7 Å². The maximum atomic E-state index is 12.8. The van der Waals surface area contributed by atoms with E-state index in [1.54, 1.807) is 0 Å². The lowest BCUT2D eigenvalue weighted by atomic mass is 9.75. The fraction of sp³-hybridized carbons (Fsp3) is 0.588. The Kier molecular flexibility index (Phi) is 2.84. The molecule has 0 spiro atoms. The first kappa shape index (κ1) is 12.4. The molecular weight excluding hydrogens is 248 g/mol. The number of carbonyl (C=O) groups excluding carboxylic acids is 1. The summed E-state index contributed by atoms with van der Waals surface area (Å²) in [5.41, 5.74) is 3.59. The summed E-state index contributed by atoms with van der Waals surface area (Å²) in [6.45, 7) is 4.46. The standard InChI is InChI=1S/C17H22N2O/c1-18-7-4-13-10-14(2-3-16(13)18)17(20)15-11-19-8-5-12(15)6-9-19/h2-3,10,12,15H,4-9,11H2,1H3. The number of likely N-dealkylation sites (N-methyl/N-ethyl adjacent to an activating group) is 1. The van der Waals surface area contributed by atoms with Gasteiger partial charge >= 0.3 is 0 Å². The van der Waals surface area contributed by atoms with Crippen LogP contribution in [0.15, 0.2) is 18.2 Å². The van der Waals surface area contributed by atoms with Crippen LogP contribution in [0.1, 0.15) is 28.8 Å². The number of piperidine rings is 3. The van der Waals surface area contributed by atoms with Gasteiger partial charge in [-0.3, -0.25) is 4.79 Å². The topological polar surface area (TPSA) is 23.6 Å². The quantitative estimate of drug-likeness (QED) is 0.770. The van der Waals surface area contributed by atoms with Gasteiger partial charge in [0.25, 0.3) is 0 Å². The van der Waals surface area contributed by atoms with Crippen molar-refractivity contribution in [2.24, 2.45) is 11.8 Å². The van der Waals surface area contributed by atoms with Crippen LogP contribution in [0.5, 0.6) is 0 Å². The Morgan fingerprint density at radius 2 is 2.00 bits per heavy atom. The summed E-state index contributed by atoms with van der Waals surface area (Å²) in [6, 6.07) is 6.33. The molecule has 3 fully saturated rings. The van der Waals surface area contributed by atoms with Crippen molar-refractivity contribution in [1.29, 1.82) is 0 Å². The van der Waals surface area contributed by atoms with Crippen LogP contribution in [0.4, 0.5) is 5.69 Å². The van der Waals surface area contributed by atoms with Gasteiger partial charge in [-0.2, -0.15) is 0 Å². The summed E-state index contributed by atoms with van der Waals surface area (Å²) in [6.07, 6.45) is 3.50. The minimum absolute atomic E-state index is 0.245. The van der Waals surface area contributed by atoms with Gasteiger partial charge in [0.2, 0.25) is 0 Å². The Labute approximate surface area is 120 Å². The summed E-state index contributed by atoms with van der Waals surface area (Å²) >= 11 is 0. The van der Waals surface area contributed by atoms with Gasteiger partial charge in [-0.1, -0.05) is 0 Å². The Balaban J connectivity index is 1.60. The zero-order valence-electron chi connectivity index (χ0n) is 12.1. The van der Waals surface area contributed by atoms with E-state index in [9.17, 15) is 4.79 Å². The molecule has 2 bridgehead atoms. The molecule has 0 amide bonds. The highest BCUT2D eigenvalue weighted by Gasteiger charge is 2.38. The number of benzene rings is 1. The lowest BCUT2D eigenvalue weighted by Crippen LogP contribution is -2.50. The van der Waals surface area contributed by atoms with Crippen LogP contribution in [0.2, 0.25) is 0 Å². The zero-order valence-corrected chi connectivity index (χ0v) is 12.1. The normalized spacial score (nSPS) is 31.4. The number of ketones is 1. The predicted octanol–water partition coefficient (Wildman–Crippen LogP) is 2.20. The number of hydrogen-bond donors (Lipinski definition) is 0. The maximum Gasteiger partial charge on any atom is 0.167 e. The van der Waals surface area contributed by atoms with Crippen LogP contribution >= 0.6 is 0 Å². The SMILES string of the molecule is CN1CCc2cc(C(=O)C3CN4CCC3CC4)ccc21. The zero-order chi connectivity index (χ0) is 13.7. The van der Waals surface area contributed by atoms with Gasteiger partial charge in [0.05, 0.1) is 0 Å². The molecule has 1 aromatic rings. The molecule has 1 unspecified atom stereocenters. The summed E-state index contributed by atoms with van der Waals surface area (Å²) in [7, 11) is 2.13. The van der Waals surface area contributed by atoms with Gasteiger partial charge in [-0.15, -0.1) is 0 Å². The molecule has 4 aliphatic rings. The number of Topliss-reactive ketones (excluding diaryl/α,β-unsaturated/α-hetero) is 1. The van der Waals surface area contributed by atoms with E-state index in [2.05, 4.69) is 29.0 Å². The third-order valence-corrected chi connectivity index (χ3v) is 5.48. The third-order valence-electron chi connectivity index (χ3n) is 5.48. The second-order valence-electron chi connectivity index (χ2n) is 6.62. The number of nitrogens with zero attached hydrogens (tertiary/aromatic N) is 2. The van der Waals surface area contributed by atoms with Gasteiger partial charge < -0.3 is 9.80 Å². The van der Waals surface area contributed by atoms with E-state index >= 15 is 0 Å². The fourth-order valence-corrected chi connectivity index (χ4v) is 4.20. The van der Waals surface area contributed by atoms with E-state index < -0.39 is 0 Å². The second-order valence-corrected chi connectivity index (χ2v) is 6.62. The predicted molar refractivity (Wildman–Crippen MR) is 80.4 cm³/mol. The smallest absolute Gasteiger partial charge is 0.167 e. The minimum atomic E-state index is 0.245. The molecule has 0 saturated carbocycles. The van der Waals surface area contributed by atoms with Gasteiger partial charge in [0.1, 0.15) is 0 Å². The molecule has 3 saturated heterocycles. The van der Waals surface area contributed by atoms with Crippen molar-refractivity contribution in [3.05, 3.63) is 29.3 Å². The van der Waals surface area contributed by atoms with E-state index in [-0.39, 0.29) is 5.92 Å². The third kappa shape index (κ3) is 1.87. The summed E-state index contributed by atoms with van der Waals surface area (Å²) in [4.78, 5) is 17.6. The van der Waals surface area contributed by atoms with Gasteiger partial charge in [-0.25, -0.2) is 0 Å². The molecule has 1 atom stereocenters. The highest BCUT2D eigenvalue weighted by molar-refractivity contribution is 5.99. The van der Waals surface area contributed by atoms with E-state index in [0.717, 1.165) is 25.1 Å². The van der Waals surface area contributed by atoms with Crippen LogP contribution < -0.4 is 4.90 Å². The molecule has 20 heavy (non-hydrogen) atoms. The lowest BCUT2D eigenvalue weighted by molar-refractivity contribution is 0.0419. The van der Waals surface area contributed by atoms with E-state index in [4.69, 9.17) is 0 Å². The van der Waals surface area contributed by atoms with E-state index in [1.807, 2.05) is 6.07 Å².